The van der Waals surface area contributed by atoms with E-state index in [1.54, 1.807) is 28.5 Å². The molecular formula is C7H7NOS2. The van der Waals surface area contributed by atoms with Crippen LogP contribution in [0.5, 0.6) is 0 Å². The fourth-order valence-electron chi connectivity index (χ4n) is 0.916. The Morgan fingerprint density at radius 2 is 2.45 bits per heavy atom. The van der Waals surface area contributed by atoms with E-state index in [1.165, 1.54) is 0 Å². The molecule has 2 nitrogen and oxygen atoms in total. The fourth-order valence-corrected chi connectivity index (χ4v) is 2.51. The summed E-state index contributed by atoms with van der Waals surface area (Å²) >= 11 is 3.24. The average molecular weight is 185 g/mol. The van der Waals surface area contributed by atoms with Gasteiger partial charge in [0.15, 0.2) is 5.88 Å². The van der Waals surface area contributed by atoms with Gasteiger partial charge in [0.1, 0.15) is 0 Å². The van der Waals surface area contributed by atoms with Crippen LogP contribution in [0.4, 0.5) is 5.00 Å². The van der Waals surface area contributed by atoms with Crippen LogP contribution in [0.3, 0.4) is 0 Å². The Morgan fingerprint density at radius 1 is 1.55 bits per heavy atom. The predicted molar refractivity (Wildman–Crippen MR) is 50.0 cm³/mol. The molecule has 58 valence electrons. The molecule has 2 heterocycles. The zero-order valence-corrected chi connectivity index (χ0v) is 7.36. The first kappa shape index (κ1) is 7.06. The molecule has 0 aromatic carbocycles. The highest BCUT2D eigenvalue weighted by Crippen LogP contribution is 2.31. The van der Waals surface area contributed by atoms with Gasteiger partial charge in [0, 0.05) is 5.41 Å². The molecular weight excluding hydrogens is 178 g/mol. The first-order valence-electron chi connectivity index (χ1n) is 3.20. The Bertz CT molecular complexity index is 268. The summed E-state index contributed by atoms with van der Waals surface area (Å²) in [5, 5.41) is 14.2. The Balaban J connectivity index is 2.25. The number of rotatable bonds is 1. The van der Waals surface area contributed by atoms with Crippen molar-refractivity contribution < 1.29 is 5.11 Å². The van der Waals surface area contributed by atoms with Crippen LogP contribution in [0.1, 0.15) is 0 Å². The summed E-state index contributed by atoms with van der Waals surface area (Å²) in [5.41, 5.74) is 0. The van der Waals surface area contributed by atoms with Crippen LogP contribution >= 0.6 is 23.1 Å². The molecule has 11 heavy (non-hydrogen) atoms. The maximum absolute atomic E-state index is 9.33. The molecule has 1 aliphatic rings. The van der Waals surface area contributed by atoms with Crippen LogP contribution in [-0.2, 0) is 0 Å². The van der Waals surface area contributed by atoms with E-state index in [4.69, 9.17) is 0 Å². The molecule has 1 aliphatic heterocycles. The van der Waals surface area contributed by atoms with E-state index in [-0.39, 0.29) is 0 Å². The van der Waals surface area contributed by atoms with Crippen molar-refractivity contribution in [1.82, 2.24) is 0 Å². The van der Waals surface area contributed by atoms with Crippen molar-refractivity contribution in [3.8, 4) is 0 Å². The van der Waals surface area contributed by atoms with Gasteiger partial charge in [-0.05, 0) is 17.5 Å². The van der Waals surface area contributed by atoms with E-state index in [0.29, 0.717) is 5.88 Å². The molecule has 1 aromatic heterocycles. The maximum atomic E-state index is 9.33. The van der Waals surface area contributed by atoms with E-state index in [1.807, 2.05) is 22.4 Å². The third-order valence-corrected chi connectivity index (χ3v) is 3.12. The number of anilines is 1. The lowest BCUT2D eigenvalue weighted by Crippen LogP contribution is -2.15. The summed E-state index contributed by atoms with van der Waals surface area (Å²) in [6.07, 6.45) is 0. The number of aliphatic hydroxyl groups is 1. The summed E-state index contributed by atoms with van der Waals surface area (Å²) < 4.78 is 0. The first-order valence-corrected chi connectivity index (χ1v) is 5.12. The zero-order chi connectivity index (χ0) is 7.68. The summed E-state index contributed by atoms with van der Waals surface area (Å²) in [6.45, 7) is 0. The lowest BCUT2D eigenvalue weighted by atomic mass is 10.6. The van der Waals surface area contributed by atoms with Crippen molar-refractivity contribution in [3.63, 3.8) is 0 Å². The van der Waals surface area contributed by atoms with Gasteiger partial charge in [0.25, 0.3) is 0 Å². The third kappa shape index (κ3) is 1.23. The van der Waals surface area contributed by atoms with Crippen molar-refractivity contribution in [2.45, 2.75) is 0 Å². The largest absolute Gasteiger partial charge is 0.494 e. The van der Waals surface area contributed by atoms with Gasteiger partial charge in [0.05, 0.1) is 10.9 Å². The van der Waals surface area contributed by atoms with Gasteiger partial charge in [-0.15, -0.1) is 23.1 Å². The standard InChI is InChI=1S/C7H7NOS2/c9-6-4-10-5-8(6)7-2-1-3-11-7/h1-4,9H,5H2. The highest BCUT2D eigenvalue weighted by atomic mass is 32.2. The van der Waals surface area contributed by atoms with Gasteiger partial charge in [-0.2, -0.15) is 0 Å². The molecule has 0 aliphatic carbocycles. The lowest BCUT2D eigenvalue weighted by molar-refractivity contribution is 0.401. The van der Waals surface area contributed by atoms with Crippen molar-refractivity contribution in [3.05, 3.63) is 28.8 Å². The SMILES string of the molecule is OC1=CSCN1c1cccs1. The van der Waals surface area contributed by atoms with Crippen LogP contribution < -0.4 is 4.90 Å². The minimum absolute atomic E-state index is 0.359. The summed E-state index contributed by atoms with van der Waals surface area (Å²) in [6, 6.07) is 3.98. The minimum atomic E-state index is 0.359. The molecule has 0 spiro atoms. The highest BCUT2D eigenvalue weighted by molar-refractivity contribution is 8.02. The van der Waals surface area contributed by atoms with Crippen LogP contribution in [0.2, 0.25) is 0 Å². The smallest absolute Gasteiger partial charge is 0.199 e. The molecule has 1 aromatic rings. The molecule has 0 saturated carbocycles. The maximum Gasteiger partial charge on any atom is 0.199 e. The third-order valence-electron chi connectivity index (χ3n) is 1.44. The van der Waals surface area contributed by atoms with Gasteiger partial charge in [-0.3, -0.25) is 4.90 Å². The molecule has 2 rings (SSSR count). The normalized spacial score (nSPS) is 17.1. The van der Waals surface area contributed by atoms with Gasteiger partial charge >= 0.3 is 0 Å². The van der Waals surface area contributed by atoms with Gasteiger partial charge in [0.2, 0.25) is 0 Å². The van der Waals surface area contributed by atoms with E-state index in [9.17, 15) is 5.11 Å². The first-order chi connectivity index (χ1) is 5.38. The lowest BCUT2D eigenvalue weighted by Gasteiger charge is -2.13. The van der Waals surface area contributed by atoms with Gasteiger partial charge in [-0.1, -0.05) is 0 Å². The van der Waals surface area contributed by atoms with E-state index in [0.717, 1.165) is 10.9 Å². The average Bonchev–Trinajstić information content (AvgIpc) is 2.55. The topological polar surface area (TPSA) is 23.5 Å². The van der Waals surface area contributed by atoms with Crippen LogP contribution in [-0.4, -0.2) is 11.0 Å². The monoisotopic (exact) mass is 185 g/mol. The molecule has 0 fully saturated rings. The highest BCUT2D eigenvalue weighted by Gasteiger charge is 2.16. The van der Waals surface area contributed by atoms with Crippen LogP contribution in [0, 0.1) is 0 Å². The summed E-state index contributed by atoms with van der Waals surface area (Å²) in [5.74, 6) is 1.18. The molecule has 0 unspecified atom stereocenters. The molecule has 0 bridgehead atoms. The van der Waals surface area contributed by atoms with E-state index >= 15 is 0 Å². The van der Waals surface area contributed by atoms with Crippen molar-refractivity contribution in [2.75, 3.05) is 10.8 Å². The van der Waals surface area contributed by atoms with Crippen LogP contribution in [0.15, 0.2) is 28.8 Å². The number of hydrogen-bond acceptors (Lipinski definition) is 4. The van der Waals surface area contributed by atoms with Gasteiger partial charge < -0.3 is 5.11 Å². The molecule has 0 radical (unpaired) electrons. The predicted octanol–water partition coefficient (Wildman–Crippen LogP) is 2.62. The van der Waals surface area contributed by atoms with Crippen molar-refractivity contribution in [1.29, 1.82) is 0 Å². The number of thioether (sulfide) groups is 1. The quantitative estimate of drug-likeness (QED) is 0.727. The van der Waals surface area contributed by atoms with E-state index in [2.05, 4.69) is 0 Å². The summed E-state index contributed by atoms with van der Waals surface area (Å²) in [4.78, 5) is 1.88. The number of aliphatic hydroxyl groups excluding tert-OH is 1. The molecule has 0 atom stereocenters. The Hall–Kier alpha value is -0.610. The van der Waals surface area contributed by atoms with Crippen molar-refractivity contribution >= 4 is 28.1 Å². The van der Waals surface area contributed by atoms with Crippen molar-refractivity contribution in [2.24, 2.45) is 0 Å². The number of nitrogens with zero attached hydrogens (tertiary/aromatic N) is 1. The Morgan fingerprint density at radius 3 is 3.00 bits per heavy atom. The van der Waals surface area contributed by atoms with Gasteiger partial charge in [-0.25, -0.2) is 0 Å². The summed E-state index contributed by atoms with van der Waals surface area (Å²) in [7, 11) is 0. The minimum Gasteiger partial charge on any atom is -0.494 e. The number of hydrogen-bond donors (Lipinski definition) is 1. The fraction of sp³-hybridized carbons (Fsp3) is 0.143. The van der Waals surface area contributed by atoms with E-state index < -0.39 is 0 Å². The Labute approximate surface area is 73.1 Å². The molecule has 0 saturated heterocycles. The second kappa shape index (κ2) is 2.79. The second-order valence-corrected chi connectivity index (χ2v) is 3.90. The number of thiophene rings is 1. The Kier molecular flexibility index (Phi) is 1.79. The van der Waals surface area contributed by atoms with Crippen LogP contribution in [0.25, 0.3) is 0 Å². The zero-order valence-electron chi connectivity index (χ0n) is 5.73. The second-order valence-electron chi connectivity index (χ2n) is 2.15. The molecule has 4 heteroatoms. The molecule has 0 amide bonds. The molecule has 1 N–H and O–H groups in total.